The fourth-order valence-electron chi connectivity index (χ4n) is 6.45. The number of methoxy groups -OCH3 is 1. The number of pyridine rings is 1. The van der Waals surface area contributed by atoms with Gasteiger partial charge in [0.25, 0.3) is 0 Å². The highest BCUT2D eigenvalue weighted by Crippen LogP contribution is 2.30. The van der Waals surface area contributed by atoms with E-state index in [9.17, 15) is 14.7 Å². The van der Waals surface area contributed by atoms with Crippen LogP contribution in [-0.2, 0) is 33.7 Å². The highest BCUT2D eigenvalue weighted by atomic mass is 16.6. The lowest BCUT2D eigenvalue weighted by molar-refractivity contribution is -0.141. The standard InChI is InChI=1S/C35H47N5O5/c1-24-18-30(23-41)37-40(24)31-10-6-8-27(19-31)28(20-32(42)44-5)22-38-17-15-25(21-38)11-13-29-14-12-26-9-7-16-39(33(26)36-29)34(43)45-35(2,3)4/h6,8,10,12,14,18-19,25,28,41H,7,9,11,13,15-17,20-23H2,1-5H3/t25-,28?/m1/s1. The number of rotatable bonds is 10. The van der Waals surface area contributed by atoms with Gasteiger partial charge in [0.2, 0.25) is 0 Å². The van der Waals surface area contributed by atoms with Crippen LogP contribution in [0.4, 0.5) is 10.6 Å². The van der Waals surface area contributed by atoms with E-state index in [-0.39, 0.29) is 24.6 Å². The minimum Gasteiger partial charge on any atom is -0.469 e. The topological polar surface area (TPSA) is 110 Å². The van der Waals surface area contributed by atoms with E-state index in [0.717, 1.165) is 85.8 Å². The number of hydrogen-bond acceptors (Lipinski definition) is 8. The number of anilines is 1. The molecule has 2 aliphatic rings. The number of aliphatic hydroxyl groups excluding tert-OH is 1. The fourth-order valence-corrected chi connectivity index (χ4v) is 6.45. The first-order valence-corrected chi connectivity index (χ1v) is 16.1. The average molecular weight is 618 g/mol. The van der Waals surface area contributed by atoms with Gasteiger partial charge >= 0.3 is 12.1 Å². The lowest BCUT2D eigenvalue weighted by atomic mass is 9.94. The molecule has 1 aromatic carbocycles. The van der Waals surface area contributed by atoms with Crippen LogP contribution >= 0.6 is 0 Å². The minimum atomic E-state index is -0.553. The van der Waals surface area contributed by atoms with Crippen molar-refractivity contribution in [2.45, 2.75) is 84.3 Å². The summed E-state index contributed by atoms with van der Waals surface area (Å²) in [5.41, 5.74) is 5.08. The molecule has 0 saturated carbocycles. The van der Waals surface area contributed by atoms with Gasteiger partial charge < -0.3 is 19.5 Å². The zero-order valence-corrected chi connectivity index (χ0v) is 27.3. The third-order valence-corrected chi connectivity index (χ3v) is 8.70. The zero-order valence-electron chi connectivity index (χ0n) is 27.3. The van der Waals surface area contributed by atoms with Crippen molar-refractivity contribution >= 4 is 17.9 Å². The second-order valence-corrected chi connectivity index (χ2v) is 13.4. The third kappa shape index (κ3) is 8.29. The lowest BCUT2D eigenvalue weighted by Gasteiger charge is -2.31. The number of nitrogens with zero attached hydrogens (tertiary/aromatic N) is 5. The Morgan fingerprint density at radius 3 is 2.67 bits per heavy atom. The van der Waals surface area contributed by atoms with Crippen LogP contribution in [0.25, 0.3) is 5.69 Å². The van der Waals surface area contributed by atoms with Crippen molar-refractivity contribution in [2.24, 2.45) is 5.92 Å². The maximum atomic E-state index is 12.9. The number of aliphatic hydroxyl groups is 1. The maximum Gasteiger partial charge on any atom is 0.416 e. The molecular formula is C35H47N5O5. The minimum absolute atomic E-state index is 0.0227. The number of hydrogen-bond donors (Lipinski definition) is 1. The van der Waals surface area contributed by atoms with Crippen LogP contribution < -0.4 is 4.90 Å². The Morgan fingerprint density at radius 1 is 1.11 bits per heavy atom. The van der Waals surface area contributed by atoms with Gasteiger partial charge in [0.15, 0.2) is 0 Å². The van der Waals surface area contributed by atoms with Crippen LogP contribution in [-0.4, -0.2) is 75.7 Å². The van der Waals surface area contributed by atoms with Crippen LogP contribution in [0, 0.1) is 12.8 Å². The largest absolute Gasteiger partial charge is 0.469 e. The predicted octanol–water partition coefficient (Wildman–Crippen LogP) is 5.36. The van der Waals surface area contributed by atoms with Gasteiger partial charge in [0.1, 0.15) is 11.4 Å². The zero-order chi connectivity index (χ0) is 32.1. The third-order valence-electron chi connectivity index (χ3n) is 8.70. The molecule has 0 spiro atoms. The molecule has 1 N–H and O–H groups in total. The van der Waals surface area contributed by atoms with E-state index in [1.165, 1.54) is 7.11 Å². The molecule has 1 fully saturated rings. The summed E-state index contributed by atoms with van der Waals surface area (Å²) in [6.07, 6.45) is 4.74. The number of amides is 1. The second-order valence-electron chi connectivity index (χ2n) is 13.4. The molecule has 10 heteroatoms. The molecule has 3 aromatic rings. The summed E-state index contributed by atoms with van der Waals surface area (Å²) >= 11 is 0. The number of ether oxygens (including phenoxy) is 2. The monoisotopic (exact) mass is 617 g/mol. The van der Waals surface area contributed by atoms with Crippen molar-refractivity contribution in [1.82, 2.24) is 19.7 Å². The first-order valence-electron chi connectivity index (χ1n) is 16.1. The Morgan fingerprint density at radius 2 is 1.93 bits per heavy atom. The quantitative estimate of drug-likeness (QED) is 0.303. The van der Waals surface area contributed by atoms with Crippen LogP contribution in [0.1, 0.15) is 80.6 Å². The van der Waals surface area contributed by atoms with Crippen molar-refractivity contribution in [3.05, 3.63) is 70.7 Å². The Labute approximate surface area is 266 Å². The van der Waals surface area contributed by atoms with Gasteiger partial charge in [-0.2, -0.15) is 5.10 Å². The molecule has 10 nitrogen and oxygen atoms in total. The van der Waals surface area contributed by atoms with E-state index < -0.39 is 5.60 Å². The maximum absolute atomic E-state index is 12.9. The van der Waals surface area contributed by atoms with Crippen molar-refractivity contribution in [3.63, 3.8) is 0 Å². The normalized spacial score (nSPS) is 17.6. The summed E-state index contributed by atoms with van der Waals surface area (Å²) in [5, 5.41) is 14.1. The molecule has 1 saturated heterocycles. The summed E-state index contributed by atoms with van der Waals surface area (Å²) < 4.78 is 12.6. The molecule has 45 heavy (non-hydrogen) atoms. The lowest BCUT2D eigenvalue weighted by Crippen LogP contribution is -2.40. The van der Waals surface area contributed by atoms with Crippen molar-refractivity contribution in [2.75, 3.05) is 38.2 Å². The predicted molar refractivity (Wildman–Crippen MR) is 173 cm³/mol. The Kier molecular flexibility index (Phi) is 10.2. The molecule has 1 amide bonds. The SMILES string of the molecule is COC(=O)CC(CN1CC[C@@H](CCc2ccc3c(n2)N(C(=O)OC(C)(C)C)CCC3)C1)c1cccc(-n2nc(CO)cc2C)c1. The first kappa shape index (κ1) is 32.6. The smallest absolute Gasteiger partial charge is 0.416 e. The van der Waals surface area contributed by atoms with E-state index in [0.29, 0.717) is 24.6 Å². The highest BCUT2D eigenvalue weighted by molar-refractivity contribution is 5.88. The molecule has 5 rings (SSSR count). The number of fused-ring (bicyclic) bond motifs is 1. The van der Waals surface area contributed by atoms with Gasteiger partial charge in [-0.25, -0.2) is 14.5 Å². The molecular weight excluding hydrogens is 570 g/mol. The fraction of sp³-hybridized carbons (Fsp3) is 0.543. The molecule has 2 aromatic heterocycles. The van der Waals surface area contributed by atoms with E-state index in [1.807, 2.05) is 50.6 Å². The first-order chi connectivity index (χ1) is 21.5. The van der Waals surface area contributed by atoms with E-state index in [4.69, 9.17) is 14.5 Å². The summed E-state index contributed by atoms with van der Waals surface area (Å²) in [6.45, 7) is 10.8. The van der Waals surface area contributed by atoms with Gasteiger partial charge in [-0.3, -0.25) is 9.69 Å². The van der Waals surface area contributed by atoms with Crippen LogP contribution in [0.2, 0.25) is 0 Å². The summed E-state index contributed by atoms with van der Waals surface area (Å²) in [7, 11) is 1.44. The molecule has 0 bridgehead atoms. The van der Waals surface area contributed by atoms with Crippen molar-refractivity contribution < 1.29 is 24.2 Å². The number of carbonyl (C=O) groups is 2. The molecule has 2 atom stereocenters. The van der Waals surface area contributed by atoms with Crippen molar-refractivity contribution in [1.29, 1.82) is 0 Å². The van der Waals surface area contributed by atoms with Crippen molar-refractivity contribution in [3.8, 4) is 5.69 Å². The Balaban J connectivity index is 1.22. The summed E-state index contributed by atoms with van der Waals surface area (Å²) in [5.74, 6) is 1.02. The van der Waals surface area contributed by atoms with Gasteiger partial charge in [-0.05, 0) is 108 Å². The summed E-state index contributed by atoms with van der Waals surface area (Å²) in [4.78, 5) is 34.5. The number of likely N-dealkylation sites (tertiary alicyclic amines) is 1. The van der Waals surface area contributed by atoms with Gasteiger partial charge in [-0.15, -0.1) is 0 Å². The number of carbonyl (C=O) groups excluding carboxylic acids is 2. The molecule has 1 unspecified atom stereocenters. The van der Waals surface area contributed by atoms with Gasteiger partial charge in [0, 0.05) is 36.9 Å². The van der Waals surface area contributed by atoms with Crippen LogP contribution in [0.15, 0.2) is 42.5 Å². The van der Waals surface area contributed by atoms with Crippen LogP contribution in [0.5, 0.6) is 0 Å². The summed E-state index contributed by atoms with van der Waals surface area (Å²) in [6, 6.07) is 14.2. The Bertz CT molecular complexity index is 1500. The highest BCUT2D eigenvalue weighted by Gasteiger charge is 2.30. The molecule has 4 heterocycles. The van der Waals surface area contributed by atoms with Crippen LogP contribution in [0.3, 0.4) is 0 Å². The number of aryl methyl sites for hydroxylation is 3. The number of esters is 1. The average Bonchev–Trinajstić information content (AvgIpc) is 3.64. The van der Waals surface area contributed by atoms with E-state index >= 15 is 0 Å². The molecule has 242 valence electrons. The second kappa shape index (κ2) is 14.1. The van der Waals surface area contributed by atoms with E-state index in [2.05, 4.69) is 34.3 Å². The molecule has 0 radical (unpaired) electrons. The van der Waals surface area contributed by atoms with E-state index in [1.54, 1.807) is 4.90 Å². The number of aromatic nitrogens is 3. The van der Waals surface area contributed by atoms with Gasteiger partial charge in [0.05, 0.1) is 31.5 Å². The molecule has 0 aliphatic carbocycles. The molecule has 2 aliphatic heterocycles. The van der Waals surface area contributed by atoms with Gasteiger partial charge in [-0.1, -0.05) is 18.2 Å². The Hall–Kier alpha value is -3.76. The number of benzene rings is 1.